The van der Waals surface area contributed by atoms with Gasteiger partial charge in [0.15, 0.2) is 6.73 Å². The summed E-state index contributed by atoms with van der Waals surface area (Å²) in [7, 11) is 0. The summed E-state index contributed by atoms with van der Waals surface area (Å²) in [4.78, 5) is 25.2. The van der Waals surface area contributed by atoms with Crippen molar-refractivity contribution in [3.05, 3.63) is 0 Å². The molecule has 11 heavy (non-hydrogen) atoms. The number of carbonyl (C=O) groups excluding carboxylic acids is 2. The zero-order valence-corrected chi connectivity index (χ0v) is 5.99. The molecule has 1 aliphatic rings. The molecule has 1 saturated heterocycles. The second-order valence-electron chi connectivity index (χ2n) is 2.11. The minimum atomic E-state index is -0.213. The van der Waals surface area contributed by atoms with Gasteiger partial charge in [0.25, 0.3) is 5.91 Å². The highest BCUT2D eigenvalue weighted by molar-refractivity contribution is 5.75. The summed E-state index contributed by atoms with van der Waals surface area (Å²) in [6, 6.07) is 0. The Labute approximate surface area is 63.8 Å². The monoisotopic (exact) mass is 159 g/mol. The van der Waals surface area contributed by atoms with Crippen LogP contribution in [-0.2, 0) is 19.2 Å². The van der Waals surface area contributed by atoms with Crippen LogP contribution in [0.3, 0.4) is 0 Å². The maximum Gasteiger partial charge on any atom is 0.321 e. The van der Waals surface area contributed by atoms with E-state index < -0.39 is 0 Å². The first-order valence-electron chi connectivity index (χ1n) is 3.33. The molecule has 1 amide bonds. The third-order valence-corrected chi connectivity index (χ3v) is 1.34. The Hall–Kier alpha value is -1.10. The van der Waals surface area contributed by atoms with Crippen LogP contribution in [0.25, 0.3) is 0 Å². The van der Waals surface area contributed by atoms with Gasteiger partial charge in [0.1, 0.15) is 0 Å². The Balaban J connectivity index is 2.45. The molecule has 1 heterocycles. The van der Waals surface area contributed by atoms with Crippen molar-refractivity contribution >= 4 is 12.4 Å². The number of amides is 1. The van der Waals surface area contributed by atoms with Gasteiger partial charge in [0.2, 0.25) is 0 Å². The van der Waals surface area contributed by atoms with Crippen LogP contribution in [0.15, 0.2) is 0 Å². The van der Waals surface area contributed by atoms with Crippen LogP contribution >= 0.6 is 0 Å². The molecule has 0 unspecified atom stereocenters. The lowest BCUT2D eigenvalue weighted by Crippen LogP contribution is -2.30. The molecule has 5 heteroatoms. The second kappa shape index (κ2) is 3.92. The number of ether oxygens (including phenoxy) is 1. The lowest BCUT2D eigenvalue weighted by Gasteiger charge is -2.14. The molecule has 1 fully saturated rings. The minimum absolute atomic E-state index is 0.0393. The highest BCUT2D eigenvalue weighted by Gasteiger charge is 2.17. The first-order chi connectivity index (χ1) is 5.34. The Bertz CT molecular complexity index is 159. The van der Waals surface area contributed by atoms with Gasteiger partial charge in [-0.05, 0) is 6.42 Å². The number of hydroxylamine groups is 2. The van der Waals surface area contributed by atoms with Crippen molar-refractivity contribution in [3.63, 3.8) is 0 Å². The molecule has 0 N–H and O–H groups in total. The van der Waals surface area contributed by atoms with Gasteiger partial charge in [-0.2, -0.15) is 0 Å². The number of nitrogens with zero attached hydrogens (tertiary/aromatic N) is 1. The average molecular weight is 159 g/mol. The summed E-state index contributed by atoms with van der Waals surface area (Å²) in [6.45, 7) is 0.786. The molecule has 0 saturated carbocycles. The van der Waals surface area contributed by atoms with Crippen LogP contribution in [0, 0.1) is 0 Å². The fraction of sp³-hybridized carbons (Fsp3) is 0.667. The minimum Gasteiger partial charge on any atom is -0.358 e. The molecule has 0 aromatic carbocycles. The maximum atomic E-state index is 11.0. The summed E-state index contributed by atoms with van der Waals surface area (Å²) in [5.74, 6) is -0.213. The van der Waals surface area contributed by atoms with E-state index in [0.29, 0.717) is 19.4 Å². The number of hydrogen-bond donors (Lipinski definition) is 0. The molecule has 1 rings (SSSR count). The molecule has 5 nitrogen and oxygen atoms in total. The summed E-state index contributed by atoms with van der Waals surface area (Å²) in [5.41, 5.74) is 0. The lowest BCUT2D eigenvalue weighted by molar-refractivity contribution is -0.201. The SMILES string of the molecule is O=CON1COCCCC1=O. The van der Waals surface area contributed by atoms with Gasteiger partial charge >= 0.3 is 6.47 Å². The highest BCUT2D eigenvalue weighted by Crippen LogP contribution is 2.03. The number of carbonyl (C=O) groups is 2. The predicted molar refractivity (Wildman–Crippen MR) is 34.0 cm³/mol. The van der Waals surface area contributed by atoms with Crippen molar-refractivity contribution in [3.8, 4) is 0 Å². The van der Waals surface area contributed by atoms with Crippen molar-refractivity contribution in [2.45, 2.75) is 12.8 Å². The molecule has 0 bridgehead atoms. The fourth-order valence-corrected chi connectivity index (χ4v) is 0.811. The van der Waals surface area contributed by atoms with Gasteiger partial charge in [-0.15, -0.1) is 5.06 Å². The first kappa shape index (κ1) is 8.00. The van der Waals surface area contributed by atoms with E-state index in [9.17, 15) is 9.59 Å². The van der Waals surface area contributed by atoms with Crippen molar-refractivity contribution in [1.82, 2.24) is 5.06 Å². The molecule has 0 aromatic rings. The summed E-state index contributed by atoms with van der Waals surface area (Å²) >= 11 is 0. The summed E-state index contributed by atoms with van der Waals surface area (Å²) < 4.78 is 4.95. The van der Waals surface area contributed by atoms with E-state index in [1.807, 2.05) is 0 Å². The quantitative estimate of drug-likeness (QED) is 0.518. The van der Waals surface area contributed by atoms with Crippen LogP contribution in [-0.4, -0.2) is 30.8 Å². The van der Waals surface area contributed by atoms with E-state index in [0.717, 1.165) is 5.06 Å². The van der Waals surface area contributed by atoms with E-state index in [4.69, 9.17) is 4.74 Å². The third-order valence-electron chi connectivity index (χ3n) is 1.34. The van der Waals surface area contributed by atoms with Crippen LogP contribution in [0.1, 0.15) is 12.8 Å². The highest BCUT2D eigenvalue weighted by atomic mass is 16.7. The predicted octanol–water partition coefficient (Wildman–Crippen LogP) is -0.329. The van der Waals surface area contributed by atoms with Crippen LogP contribution in [0.2, 0.25) is 0 Å². The van der Waals surface area contributed by atoms with Crippen LogP contribution < -0.4 is 0 Å². The molecular formula is C6H9NO4. The average Bonchev–Trinajstić information content (AvgIpc) is 2.18. The van der Waals surface area contributed by atoms with Crippen molar-refractivity contribution < 1.29 is 19.2 Å². The molecule has 1 aliphatic heterocycles. The number of rotatable bonds is 2. The van der Waals surface area contributed by atoms with E-state index >= 15 is 0 Å². The van der Waals surface area contributed by atoms with Crippen molar-refractivity contribution in [2.24, 2.45) is 0 Å². The van der Waals surface area contributed by atoms with Crippen molar-refractivity contribution in [1.29, 1.82) is 0 Å². The smallest absolute Gasteiger partial charge is 0.321 e. The largest absolute Gasteiger partial charge is 0.358 e. The maximum absolute atomic E-state index is 11.0. The van der Waals surface area contributed by atoms with Crippen molar-refractivity contribution in [2.75, 3.05) is 13.3 Å². The topological polar surface area (TPSA) is 55.8 Å². The zero-order chi connectivity index (χ0) is 8.10. The summed E-state index contributed by atoms with van der Waals surface area (Å²) in [6.07, 6.45) is 1.05. The Kier molecular flexibility index (Phi) is 2.85. The van der Waals surface area contributed by atoms with E-state index in [-0.39, 0.29) is 19.1 Å². The fourth-order valence-electron chi connectivity index (χ4n) is 0.811. The van der Waals surface area contributed by atoms with E-state index in [1.165, 1.54) is 0 Å². The molecule has 0 radical (unpaired) electrons. The molecule has 0 atom stereocenters. The van der Waals surface area contributed by atoms with E-state index in [2.05, 4.69) is 4.84 Å². The molecule has 62 valence electrons. The lowest BCUT2D eigenvalue weighted by atomic mass is 10.3. The zero-order valence-electron chi connectivity index (χ0n) is 5.99. The van der Waals surface area contributed by atoms with Crippen LogP contribution in [0.5, 0.6) is 0 Å². The molecule has 0 spiro atoms. The Morgan fingerprint density at radius 1 is 1.64 bits per heavy atom. The Morgan fingerprint density at radius 2 is 2.45 bits per heavy atom. The molecular weight excluding hydrogens is 150 g/mol. The van der Waals surface area contributed by atoms with Gasteiger partial charge in [-0.1, -0.05) is 0 Å². The van der Waals surface area contributed by atoms with E-state index in [1.54, 1.807) is 0 Å². The normalized spacial score (nSPS) is 19.3. The standard InChI is InChI=1S/C6H9NO4/c8-5-11-7-4-10-3-1-2-6(7)9/h5H,1-4H2. The van der Waals surface area contributed by atoms with Gasteiger partial charge in [0.05, 0.1) is 0 Å². The van der Waals surface area contributed by atoms with Gasteiger partial charge in [-0.3, -0.25) is 9.59 Å². The second-order valence-corrected chi connectivity index (χ2v) is 2.11. The Morgan fingerprint density at radius 3 is 3.18 bits per heavy atom. The first-order valence-corrected chi connectivity index (χ1v) is 3.33. The summed E-state index contributed by atoms with van der Waals surface area (Å²) in [5, 5.41) is 0.917. The van der Waals surface area contributed by atoms with Crippen LogP contribution in [0.4, 0.5) is 0 Å². The van der Waals surface area contributed by atoms with Gasteiger partial charge in [-0.25, -0.2) is 0 Å². The molecule has 0 aromatic heterocycles. The van der Waals surface area contributed by atoms with Gasteiger partial charge < -0.3 is 9.57 Å². The number of hydrogen-bond acceptors (Lipinski definition) is 4. The molecule has 0 aliphatic carbocycles. The van der Waals surface area contributed by atoms with Gasteiger partial charge in [0, 0.05) is 13.0 Å². The third kappa shape index (κ3) is 2.19.